The molecule has 0 aliphatic heterocycles. The van der Waals surface area contributed by atoms with Crippen molar-refractivity contribution in [2.45, 2.75) is 26.9 Å². The van der Waals surface area contributed by atoms with Crippen molar-refractivity contribution in [3.05, 3.63) is 94.5 Å². The van der Waals surface area contributed by atoms with E-state index < -0.39 is 0 Å². The zero-order chi connectivity index (χ0) is 20.6. The number of rotatable bonds is 7. The first-order valence-corrected chi connectivity index (χ1v) is 10.4. The summed E-state index contributed by atoms with van der Waals surface area (Å²) < 4.78 is 5.81. The number of hydrogen-bond acceptors (Lipinski definition) is 2. The fourth-order valence-electron chi connectivity index (χ4n) is 3.07. The lowest BCUT2D eigenvalue weighted by Crippen LogP contribution is -2.34. The molecule has 0 aromatic heterocycles. The molecule has 0 radical (unpaired) electrons. The van der Waals surface area contributed by atoms with Gasteiger partial charge in [-0.1, -0.05) is 66.2 Å². The Kier molecular flexibility index (Phi) is 7.50. The Morgan fingerprint density at radius 3 is 2.48 bits per heavy atom. The first-order valence-electron chi connectivity index (χ1n) is 9.63. The van der Waals surface area contributed by atoms with Crippen LogP contribution < -0.4 is 10.1 Å². The van der Waals surface area contributed by atoms with Crippen molar-refractivity contribution in [3.63, 3.8) is 0 Å². The summed E-state index contributed by atoms with van der Waals surface area (Å²) in [5.41, 5.74) is 4.20. The first-order chi connectivity index (χ1) is 14.1. The number of hydrogen-bond donors (Lipinski definition) is 1. The molecule has 3 aromatic rings. The van der Waals surface area contributed by atoms with Gasteiger partial charge in [0.1, 0.15) is 5.75 Å². The third kappa shape index (κ3) is 5.96. The van der Waals surface area contributed by atoms with E-state index in [1.807, 2.05) is 68.4 Å². The Morgan fingerprint density at radius 2 is 1.72 bits per heavy atom. The van der Waals surface area contributed by atoms with E-state index in [0.717, 1.165) is 22.6 Å². The van der Waals surface area contributed by atoms with Crippen molar-refractivity contribution >= 4 is 34.6 Å². The number of halogens is 1. The van der Waals surface area contributed by atoms with Crippen molar-refractivity contribution in [3.8, 4) is 5.75 Å². The topological polar surface area (TPSA) is 24.5 Å². The summed E-state index contributed by atoms with van der Waals surface area (Å²) in [6.07, 6.45) is 0. The van der Waals surface area contributed by atoms with Crippen LogP contribution in [-0.4, -0.2) is 16.6 Å². The van der Waals surface area contributed by atoms with Crippen molar-refractivity contribution < 1.29 is 4.74 Å². The molecule has 3 rings (SSSR count). The van der Waals surface area contributed by atoms with Crippen LogP contribution >= 0.6 is 23.8 Å². The minimum atomic E-state index is 0.618. The van der Waals surface area contributed by atoms with Gasteiger partial charge in [-0.25, -0.2) is 0 Å². The van der Waals surface area contributed by atoms with E-state index in [1.165, 1.54) is 5.56 Å². The molecule has 0 aliphatic rings. The molecule has 0 aliphatic carbocycles. The number of anilines is 1. The van der Waals surface area contributed by atoms with Gasteiger partial charge in [-0.15, -0.1) is 0 Å². The van der Waals surface area contributed by atoms with Crippen LogP contribution in [0.5, 0.6) is 5.75 Å². The van der Waals surface area contributed by atoms with E-state index in [9.17, 15) is 0 Å². The van der Waals surface area contributed by atoms with Gasteiger partial charge >= 0.3 is 0 Å². The Hall–Kier alpha value is -2.56. The van der Waals surface area contributed by atoms with E-state index in [-0.39, 0.29) is 0 Å². The average Bonchev–Trinajstić information content (AvgIpc) is 2.72. The van der Waals surface area contributed by atoms with Crippen LogP contribution in [0.15, 0.2) is 72.8 Å². The minimum Gasteiger partial charge on any atom is -0.494 e. The Labute approximate surface area is 183 Å². The zero-order valence-corrected chi connectivity index (χ0v) is 18.3. The highest BCUT2D eigenvalue weighted by Gasteiger charge is 2.15. The predicted molar refractivity (Wildman–Crippen MR) is 126 cm³/mol. The van der Waals surface area contributed by atoms with Crippen LogP contribution in [0.25, 0.3) is 0 Å². The number of nitrogens with one attached hydrogen (secondary N) is 1. The zero-order valence-electron chi connectivity index (χ0n) is 16.7. The van der Waals surface area contributed by atoms with Gasteiger partial charge in [-0.3, -0.25) is 0 Å². The van der Waals surface area contributed by atoms with Crippen LogP contribution in [0.2, 0.25) is 5.02 Å². The highest BCUT2D eigenvalue weighted by molar-refractivity contribution is 7.80. The number of nitrogens with zero attached hydrogens (tertiary/aromatic N) is 1. The summed E-state index contributed by atoms with van der Waals surface area (Å²) in [5.74, 6) is 0.879. The number of benzene rings is 3. The van der Waals surface area contributed by atoms with Crippen molar-refractivity contribution in [2.75, 3.05) is 11.9 Å². The molecule has 29 heavy (non-hydrogen) atoms. The van der Waals surface area contributed by atoms with Gasteiger partial charge in [0.15, 0.2) is 5.11 Å². The van der Waals surface area contributed by atoms with Gasteiger partial charge in [0.2, 0.25) is 0 Å². The average molecular weight is 425 g/mol. The summed E-state index contributed by atoms with van der Waals surface area (Å²) in [6, 6.07) is 24.2. The summed E-state index contributed by atoms with van der Waals surface area (Å²) in [6.45, 7) is 5.95. The summed E-state index contributed by atoms with van der Waals surface area (Å²) in [7, 11) is 0. The lowest BCUT2D eigenvalue weighted by Gasteiger charge is -2.27. The molecule has 0 amide bonds. The summed E-state index contributed by atoms with van der Waals surface area (Å²) >= 11 is 12.2. The highest BCUT2D eigenvalue weighted by Crippen LogP contribution is 2.25. The van der Waals surface area contributed by atoms with E-state index in [0.29, 0.717) is 29.8 Å². The second kappa shape index (κ2) is 10.3. The molecular weight excluding hydrogens is 400 g/mol. The standard InChI is InChI=1S/C24H25ClN2OS/c1-3-28-23-12-8-7-11-20(23)17-27(16-19-9-5-4-6-10-19)24(29)26-22-15-18(2)13-14-21(22)25/h4-15H,3,16-17H2,1-2H3,(H,26,29). The molecule has 0 atom stereocenters. The first kappa shape index (κ1) is 21.2. The van der Waals surface area contributed by atoms with E-state index in [4.69, 9.17) is 28.6 Å². The van der Waals surface area contributed by atoms with Gasteiger partial charge in [0, 0.05) is 18.7 Å². The second-order valence-electron chi connectivity index (χ2n) is 6.80. The Balaban J connectivity index is 1.86. The molecule has 0 saturated heterocycles. The third-order valence-electron chi connectivity index (χ3n) is 4.50. The lowest BCUT2D eigenvalue weighted by atomic mass is 10.1. The number of aryl methyl sites for hydroxylation is 1. The molecule has 150 valence electrons. The van der Waals surface area contributed by atoms with Gasteiger partial charge in [-0.05, 0) is 55.4 Å². The Morgan fingerprint density at radius 1 is 1.00 bits per heavy atom. The van der Waals surface area contributed by atoms with Crippen molar-refractivity contribution in [1.29, 1.82) is 0 Å². The highest BCUT2D eigenvalue weighted by atomic mass is 35.5. The van der Waals surface area contributed by atoms with E-state index in [2.05, 4.69) is 28.4 Å². The molecule has 0 heterocycles. The second-order valence-corrected chi connectivity index (χ2v) is 7.59. The molecule has 0 spiro atoms. The van der Waals surface area contributed by atoms with E-state index in [1.54, 1.807) is 0 Å². The molecule has 0 fully saturated rings. The minimum absolute atomic E-state index is 0.618. The van der Waals surface area contributed by atoms with Gasteiger partial charge < -0.3 is 15.0 Å². The molecular formula is C24H25ClN2OS. The molecule has 1 N–H and O–H groups in total. The number of ether oxygens (including phenoxy) is 1. The molecule has 3 aromatic carbocycles. The van der Waals surface area contributed by atoms with Gasteiger partial charge in [-0.2, -0.15) is 0 Å². The summed E-state index contributed by atoms with van der Waals surface area (Å²) in [5, 5.41) is 4.59. The Bertz CT molecular complexity index is 962. The number of thiocarbonyl (C=S) groups is 1. The van der Waals surface area contributed by atoms with Crippen LogP contribution in [0.3, 0.4) is 0 Å². The fourth-order valence-corrected chi connectivity index (χ4v) is 3.47. The van der Waals surface area contributed by atoms with Crippen LogP contribution in [0, 0.1) is 6.92 Å². The van der Waals surface area contributed by atoms with Crippen molar-refractivity contribution in [1.82, 2.24) is 4.90 Å². The van der Waals surface area contributed by atoms with Crippen LogP contribution in [0.1, 0.15) is 23.6 Å². The van der Waals surface area contributed by atoms with Crippen molar-refractivity contribution in [2.24, 2.45) is 0 Å². The molecule has 0 saturated carbocycles. The predicted octanol–water partition coefficient (Wildman–Crippen LogP) is 6.45. The van der Waals surface area contributed by atoms with Gasteiger partial charge in [0.05, 0.1) is 17.3 Å². The smallest absolute Gasteiger partial charge is 0.174 e. The quantitative estimate of drug-likeness (QED) is 0.440. The summed E-state index contributed by atoms with van der Waals surface area (Å²) in [4.78, 5) is 2.13. The lowest BCUT2D eigenvalue weighted by molar-refractivity contribution is 0.327. The maximum Gasteiger partial charge on any atom is 0.174 e. The van der Waals surface area contributed by atoms with Gasteiger partial charge in [0.25, 0.3) is 0 Å². The maximum absolute atomic E-state index is 6.37. The van der Waals surface area contributed by atoms with Crippen LogP contribution in [0.4, 0.5) is 5.69 Å². The maximum atomic E-state index is 6.37. The SMILES string of the molecule is CCOc1ccccc1CN(Cc1ccccc1)C(=S)Nc1cc(C)ccc1Cl. The molecule has 0 unspecified atom stereocenters. The monoisotopic (exact) mass is 424 g/mol. The molecule has 0 bridgehead atoms. The van der Waals surface area contributed by atoms with Crippen LogP contribution in [-0.2, 0) is 13.1 Å². The largest absolute Gasteiger partial charge is 0.494 e. The van der Waals surface area contributed by atoms with E-state index >= 15 is 0 Å². The molecule has 3 nitrogen and oxygen atoms in total. The number of para-hydroxylation sites is 1. The third-order valence-corrected chi connectivity index (χ3v) is 5.19. The normalized spacial score (nSPS) is 10.4. The molecule has 5 heteroatoms. The fraction of sp³-hybridized carbons (Fsp3) is 0.208.